The van der Waals surface area contributed by atoms with E-state index in [1.807, 2.05) is 45.0 Å². The van der Waals surface area contributed by atoms with Crippen LogP contribution in [0.1, 0.15) is 32.3 Å². The molecule has 0 aliphatic rings. The van der Waals surface area contributed by atoms with E-state index < -0.39 is 6.04 Å². The zero-order valence-electron chi connectivity index (χ0n) is 12.0. The molecule has 0 fully saturated rings. The number of aryl methyl sites for hydroxylation is 1. The largest absolute Gasteiger partial charge is 0.489 e. The second-order valence-electron chi connectivity index (χ2n) is 4.83. The van der Waals surface area contributed by atoms with Crippen LogP contribution in [0.15, 0.2) is 24.3 Å². The van der Waals surface area contributed by atoms with Crippen molar-refractivity contribution >= 4 is 5.91 Å². The summed E-state index contributed by atoms with van der Waals surface area (Å²) < 4.78 is 5.78. The SMILES string of the molecule is CCCC(N)C(=O)NCC(C)Oc1ccccc1C. The van der Waals surface area contributed by atoms with Gasteiger partial charge in [0.05, 0.1) is 12.6 Å². The van der Waals surface area contributed by atoms with E-state index >= 15 is 0 Å². The molecular formula is C15H24N2O2. The van der Waals surface area contributed by atoms with Gasteiger partial charge in [0.15, 0.2) is 0 Å². The van der Waals surface area contributed by atoms with Gasteiger partial charge in [-0.25, -0.2) is 0 Å². The molecule has 3 N–H and O–H groups in total. The highest BCUT2D eigenvalue weighted by Gasteiger charge is 2.13. The molecule has 2 unspecified atom stereocenters. The number of carbonyl (C=O) groups excluding carboxylic acids is 1. The molecule has 0 saturated heterocycles. The zero-order chi connectivity index (χ0) is 14.3. The number of benzene rings is 1. The lowest BCUT2D eigenvalue weighted by atomic mass is 10.1. The number of nitrogens with one attached hydrogen (secondary N) is 1. The van der Waals surface area contributed by atoms with Crippen molar-refractivity contribution in [2.45, 2.75) is 45.8 Å². The van der Waals surface area contributed by atoms with Gasteiger partial charge in [0.1, 0.15) is 11.9 Å². The monoisotopic (exact) mass is 264 g/mol. The van der Waals surface area contributed by atoms with Crippen molar-refractivity contribution in [3.63, 3.8) is 0 Å². The fraction of sp³-hybridized carbons (Fsp3) is 0.533. The minimum Gasteiger partial charge on any atom is -0.489 e. The van der Waals surface area contributed by atoms with Crippen LogP contribution < -0.4 is 15.8 Å². The molecule has 1 aromatic rings. The van der Waals surface area contributed by atoms with Crippen molar-refractivity contribution in [1.82, 2.24) is 5.32 Å². The Kier molecular flexibility index (Phi) is 6.36. The Hall–Kier alpha value is -1.55. The standard InChI is InChI=1S/C15H24N2O2/c1-4-7-13(16)15(18)17-10-12(3)19-14-9-6-5-8-11(14)2/h5-6,8-9,12-13H,4,7,10,16H2,1-3H3,(H,17,18). The van der Waals surface area contributed by atoms with Crippen LogP contribution >= 0.6 is 0 Å². The highest BCUT2D eigenvalue weighted by atomic mass is 16.5. The average molecular weight is 264 g/mol. The highest BCUT2D eigenvalue weighted by Crippen LogP contribution is 2.17. The van der Waals surface area contributed by atoms with Crippen LogP contribution in [0.3, 0.4) is 0 Å². The Bertz CT molecular complexity index is 407. The first-order valence-corrected chi connectivity index (χ1v) is 6.80. The van der Waals surface area contributed by atoms with Gasteiger partial charge in [-0.1, -0.05) is 31.5 Å². The molecule has 1 amide bonds. The first-order valence-electron chi connectivity index (χ1n) is 6.80. The summed E-state index contributed by atoms with van der Waals surface area (Å²) in [7, 11) is 0. The van der Waals surface area contributed by atoms with Gasteiger partial charge in [0.25, 0.3) is 0 Å². The smallest absolute Gasteiger partial charge is 0.237 e. The molecule has 0 bridgehead atoms. The van der Waals surface area contributed by atoms with Crippen LogP contribution in [0.25, 0.3) is 0 Å². The van der Waals surface area contributed by atoms with Crippen molar-refractivity contribution in [2.24, 2.45) is 5.73 Å². The summed E-state index contributed by atoms with van der Waals surface area (Å²) >= 11 is 0. The molecule has 106 valence electrons. The molecule has 0 saturated carbocycles. The average Bonchev–Trinajstić information content (AvgIpc) is 2.39. The number of para-hydroxylation sites is 1. The predicted octanol–water partition coefficient (Wildman–Crippen LogP) is 2.01. The van der Waals surface area contributed by atoms with Crippen LogP contribution in [0.2, 0.25) is 0 Å². The van der Waals surface area contributed by atoms with Gasteiger partial charge in [-0.3, -0.25) is 4.79 Å². The van der Waals surface area contributed by atoms with Crippen molar-refractivity contribution in [1.29, 1.82) is 0 Å². The van der Waals surface area contributed by atoms with E-state index in [0.717, 1.165) is 17.7 Å². The van der Waals surface area contributed by atoms with Gasteiger partial charge >= 0.3 is 0 Å². The second kappa shape index (κ2) is 7.79. The number of rotatable bonds is 7. The van der Waals surface area contributed by atoms with Crippen LogP contribution in [0, 0.1) is 6.92 Å². The van der Waals surface area contributed by atoms with E-state index in [0.29, 0.717) is 13.0 Å². The maximum absolute atomic E-state index is 11.7. The topological polar surface area (TPSA) is 64.4 Å². The van der Waals surface area contributed by atoms with Gasteiger partial charge in [0, 0.05) is 0 Å². The molecule has 0 aliphatic heterocycles. The third kappa shape index (κ3) is 5.30. The van der Waals surface area contributed by atoms with E-state index in [1.165, 1.54) is 0 Å². The first-order chi connectivity index (χ1) is 9.04. The number of carbonyl (C=O) groups is 1. The lowest BCUT2D eigenvalue weighted by Crippen LogP contribution is -2.43. The second-order valence-corrected chi connectivity index (χ2v) is 4.83. The summed E-state index contributed by atoms with van der Waals surface area (Å²) in [4.78, 5) is 11.7. The van der Waals surface area contributed by atoms with E-state index in [4.69, 9.17) is 10.5 Å². The molecular weight excluding hydrogens is 240 g/mol. The van der Waals surface area contributed by atoms with Gasteiger partial charge in [-0.05, 0) is 31.9 Å². The summed E-state index contributed by atoms with van der Waals surface area (Å²) in [6.45, 7) is 6.40. The Morgan fingerprint density at radius 3 is 2.74 bits per heavy atom. The summed E-state index contributed by atoms with van der Waals surface area (Å²) in [5.74, 6) is 0.740. The Morgan fingerprint density at radius 2 is 2.11 bits per heavy atom. The Morgan fingerprint density at radius 1 is 1.42 bits per heavy atom. The molecule has 2 atom stereocenters. The van der Waals surface area contributed by atoms with Crippen LogP contribution in [-0.4, -0.2) is 24.6 Å². The fourth-order valence-corrected chi connectivity index (χ4v) is 1.76. The maximum Gasteiger partial charge on any atom is 0.237 e. The Balaban J connectivity index is 2.38. The van der Waals surface area contributed by atoms with Crippen molar-refractivity contribution in [2.75, 3.05) is 6.54 Å². The number of hydrogen-bond donors (Lipinski definition) is 2. The van der Waals surface area contributed by atoms with Crippen LogP contribution in [0.5, 0.6) is 5.75 Å². The third-order valence-corrected chi connectivity index (χ3v) is 2.92. The zero-order valence-corrected chi connectivity index (χ0v) is 12.0. The Labute approximate surface area is 115 Å². The van der Waals surface area contributed by atoms with Gasteiger partial charge < -0.3 is 15.8 Å². The van der Waals surface area contributed by atoms with E-state index in [9.17, 15) is 4.79 Å². The number of ether oxygens (including phenoxy) is 1. The minimum absolute atomic E-state index is 0.0844. The molecule has 0 aliphatic carbocycles. The van der Waals surface area contributed by atoms with Crippen molar-refractivity contribution in [3.8, 4) is 5.75 Å². The summed E-state index contributed by atoms with van der Waals surface area (Å²) in [5, 5.41) is 2.82. The fourth-order valence-electron chi connectivity index (χ4n) is 1.76. The number of hydrogen-bond acceptors (Lipinski definition) is 3. The molecule has 1 aromatic carbocycles. The maximum atomic E-state index is 11.7. The normalized spacial score (nSPS) is 13.7. The van der Waals surface area contributed by atoms with Crippen molar-refractivity contribution < 1.29 is 9.53 Å². The molecule has 0 heterocycles. The molecule has 1 rings (SSSR count). The number of nitrogens with two attached hydrogens (primary N) is 1. The molecule has 4 heteroatoms. The van der Waals surface area contributed by atoms with Gasteiger partial charge in [-0.2, -0.15) is 0 Å². The van der Waals surface area contributed by atoms with Gasteiger partial charge in [0.2, 0.25) is 5.91 Å². The summed E-state index contributed by atoms with van der Waals surface area (Å²) in [6, 6.07) is 7.41. The van der Waals surface area contributed by atoms with E-state index in [2.05, 4.69) is 5.32 Å². The quantitative estimate of drug-likeness (QED) is 0.791. The van der Waals surface area contributed by atoms with E-state index in [1.54, 1.807) is 0 Å². The predicted molar refractivity (Wildman–Crippen MR) is 77.2 cm³/mol. The molecule has 0 aromatic heterocycles. The van der Waals surface area contributed by atoms with Gasteiger partial charge in [-0.15, -0.1) is 0 Å². The third-order valence-electron chi connectivity index (χ3n) is 2.92. The lowest BCUT2D eigenvalue weighted by Gasteiger charge is -2.18. The number of amides is 1. The molecule has 0 radical (unpaired) electrons. The van der Waals surface area contributed by atoms with E-state index in [-0.39, 0.29) is 12.0 Å². The molecule has 0 spiro atoms. The summed E-state index contributed by atoms with van der Waals surface area (Å²) in [5.41, 5.74) is 6.82. The van der Waals surface area contributed by atoms with Crippen LogP contribution in [0.4, 0.5) is 0 Å². The molecule has 19 heavy (non-hydrogen) atoms. The summed E-state index contributed by atoms with van der Waals surface area (Å²) in [6.07, 6.45) is 1.53. The highest BCUT2D eigenvalue weighted by molar-refractivity contribution is 5.81. The minimum atomic E-state index is -0.421. The lowest BCUT2D eigenvalue weighted by molar-refractivity contribution is -0.122. The molecule has 4 nitrogen and oxygen atoms in total. The first kappa shape index (κ1) is 15.5. The van der Waals surface area contributed by atoms with Crippen molar-refractivity contribution in [3.05, 3.63) is 29.8 Å². The van der Waals surface area contributed by atoms with Crippen LogP contribution in [-0.2, 0) is 4.79 Å².